The molecule has 0 aromatic carbocycles. The van der Waals surface area contributed by atoms with Gasteiger partial charge in [0, 0.05) is 19.1 Å². The minimum atomic E-state index is -0.197. The smallest absolute Gasteiger partial charge is 0.220 e. The topological polar surface area (TPSA) is 52.3 Å². The van der Waals surface area contributed by atoms with Crippen molar-refractivity contribution in [3.63, 3.8) is 0 Å². The van der Waals surface area contributed by atoms with E-state index in [2.05, 4.69) is 0 Å². The second-order valence-electron chi connectivity index (χ2n) is 3.27. The van der Waals surface area contributed by atoms with E-state index in [4.69, 9.17) is 10.5 Å². The van der Waals surface area contributed by atoms with Crippen molar-refractivity contribution in [2.75, 3.05) is 13.2 Å². The van der Waals surface area contributed by atoms with Crippen LogP contribution in [-0.4, -0.2) is 19.1 Å². The van der Waals surface area contributed by atoms with Crippen LogP contribution in [0.3, 0.4) is 0 Å². The van der Waals surface area contributed by atoms with Crippen LogP contribution in [0.15, 0.2) is 0 Å². The minimum Gasteiger partial charge on any atom is -0.381 e. The molecule has 0 aliphatic carbocycles. The first-order chi connectivity index (χ1) is 5.20. The third-order valence-electron chi connectivity index (χ3n) is 2.20. The van der Waals surface area contributed by atoms with Crippen molar-refractivity contribution in [2.24, 2.45) is 17.6 Å². The third-order valence-corrected chi connectivity index (χ3v) is 2.20. The quantitative estimate of drug-likeness (QED) is 0.649. The second-order valence-corrected chi connectivity index (χ2v) is 3.27. The highest BCUT2D eigenvalue weighted by Crippen LogP contribution is 2.20. The third kappa shape index (κ3) is 2.50. The lowest BCUT2D eigenvalue weighted by Crippen LogP contribution is -2.23. The Morgan fingerprint density at radius 1 is 1.82 bits per heavy atom. The summed E-state index contributed by atoms with van der Waals surface area (Å²) in [6.07, 6.45) is 1.97. The number of carbonyl (C=O) groups excluding carboxylic acids is 1. The summed E-state index contributed by atoms with van der Waals surface area (Å²) in [7, 11) is 0. The van der Waals surface area contributed by atoms with Gasteiger partial charge < -0.3 is 10.5 Å². The van der Waals surface area contributed by atoms with E-state index in [0.29, 0.717) is 5.92 Å². The number of rotatable bonds is 3. The van der Waals surface area contributed by atoms with E-state index >= 15 is 0 Å². The van der Waals surface area contributed by atoms with Crippen molar-refractivity contribution in [1.82, 2.24) is 0 Å². The Bertz CT molecular complexity index is 141. The average molecular weight is 157 g/mol. The minimum absolute atomic E-state index is 0.00157. The van der Waals surface area contributed by atoms with E-state index in [1.165, 1.54) is 0 Å². The number of ether oxygens (including phenoxy) is 1. The molecule has 0 saturated carbocycles. The maximum atomic E-state index is 10.7. The molecular weight excluding hydrogens is 142 g/mol. The lowest BCUT2D eigenvalue weighted by molar-refractivity contribution is -0.121. The van der Waals surface area contributed by atoms with E-state index in [0.717, 1.165) is 26.1 Å². The molecule has 0 bridgehead atoms. The van der Waals surface area contributed by atoms with Crippen molar-refractivity contribution in [3.05, 3.63) is 0 Å². The summed E-state index contributed by atoms with van der Waals surface area (Å²) in [6, 6.07) is 0. The molecular formula is C8H15NO2. The van der Waals surface area contributed by atoms with Gasteiger partial charge in [0.15, 0.2) is 0 Å². The maximum absolute atomic E-state index is 10.7. The number of amides is 1. The molecule has 1 saturated heterocycles. The molecule has 1 fully saturated rings. The molecule has 1 amide bonds. The van der Waals surface area contributed by atoms with Gasteiger partial charge in [-0.05, 0) is 18.8 Å². The van der Waals surface area contributed by atoms with E-state index in [1.54, 1.807) is 0 Å². The molecule has 0 aromatic rings. The molecule has 1 aliphatic rings. The number of nitrogens with two attached hydrogens (primary N) is 1. The molecule has 0 radical (unpaired) electrons. The highest BCUT2D eigenvalue weighted by Gasteiger charge is 2.20. The van der Waals surface area contributed by atoms with Crippen LogP contribution in [0, 0.1) is 11.8 Å². The van der Waals surface area contributed by atoms with Gasteiger partial charge in [-0.15, -0.1) is 0 Å². The molecule has 1 aliphatic heterocycles. The highest BCUT2D eigenvalue weighted by molar-refractivity contribution is 5.76. The van der Waals surface area contributed by atoms with Crippen LogP contribution in [0.25, 0.3) is 0 Å². The molecule has 1 rings (SSSR count). The van der Waals surface area contributed by atoms with Gasteiger partial charge in [-0.3, -0.25) is 4.79 Å². The lowest BCUT2D eigenvalue weighted by atomic mass is 9.95. The monoisotopic (exact) mass is 157 g/mol. The lowest BCUT2D eigenvalue weighted by Gasteiger charge is -2.10. The Morgan fingerprint density at radius 2 is 2.55 bits per heavy atom. The fourth-order valence-corrected chi connectivity index (χ4v) is 1.39. The first kappa shape index (κ1) is 8.53. The van der Waals surface area contributed by atoms with Gasteiger partial charge in [0.2, 0.25) is 5.91 Å². The standard InChI is InChI=1S/C8H15NO2/c1-6(8(9)10)4-7-2-3-11-5-7/h6-7H,2-5H2,1H3,(H2,9,10). The van der Waals surface area contributed by atoms with E-state index in [-0.39, 0.29) is 11.8 Å². The number of primary amides is 1. The number of hydrogen-bond acceptors (Lipinski definition) is 2. The fraction of sp³-hybridized carbons (Fsp3) is 0.875. The van der Waals surface area contributed by atoms with Crippen LogP contribution < -0.4 is 5.73 Å². The SMILES string of the molecule is CC(CC1CCOC1)C(N)=O. The molecule has 1 heterocycles. The van der Waals surface area contributed by atoms with Gasteiger partial charge in [-0.1, -0.05) is 6.92 Å². The first-order valence-corrected chi connectivity index (χ1v) is 4.07. The number of hydrogen-bond donors (Lipinski definition) is 1. The van der Waals surface area contributed by atoms with Gasteiger partial charge in [0.25, 0.3) is 0 Å². The molecule has 2 N–H and O–H groups in total. The van der Waals surface area contributed by atoms with Crippen LogP contribution >= 0.6 is 0 Å². The molecule has 0 spiro atoms. The zero-order valence-corrected chi connectivity index (χ0v) is 6.88. The molecule has 11 heavy (non-hydrogen) atoms. The Labute approximate surface area is 66.9 Å². The van der Waals surface area contributed by atoms with Gasteiger partial charge >= 0.3 is 0 Å². The van der Waals surface area contributed by atoms with Crippen molar-refractivity contribution >= 4 is 5.91 Å². The van der Waals surface area contributed by atoms with E-state index < -0.39 is 0 Å². The van der Waals surface area contributed by atoms with Gasteiger partial charge in [-0.2, -0.15) is 0 Å². The molecule has 3 nitrogen and oxygen atoms in total. The van der Waals surface area contributed by atoms with Gasteiger partial charge in [0.1, 0.15) is 0 Å². The zero-order chi connectivity index (χ0) is 8.27. The Hall–Kier alpha value is -0.570. The predicted molar refractivity (Wildman–Crippen MR) is 41.9 cm³/mol. The fourth-order valence-electron chi connectivity index (χ4n) is 1.39. The van der Waals surface area contributed by atoms with Gasteiger partial charge in [-0.25, -0.2) is 0 Å². The van der Waals surface area contributed by atoms with Crippen LogP contribution in [0.4, 0.5) is 0 Å². The Balaban J connectivity index is 2.23. The van der Waals surface area contributed by atoms with Crippen molar-refractivity contribution in [1.29, 1.82) is 0 Å². The predicted octanol–water partition coefficient (Wildman–Crippen LogP) is 0.534. The summed E-state index contributed by atoms with van der Waals surface area (Å²) in [6.45, 7) is 3.52. The van der Waals surface area contributed by atoms with Crippen molar-refractivity contribution in [2.45, 2.75) is 19.8 Å². The normalized spacial score (nSPS) is 26.8. The van der Waals surface area contributed by atoms with Crippen LogP contribution in [-0.2, 0) is 9.53 Å². The van der Waals surface area contributed by atoms with Crippen LogP contribution in [0.2, 0.25) is 0 Å². The highest BCUT2D eigenvalue weighted by atomic mass is 16.5. The Morgan fingerprint density at radius 3 is 3.00 bits per heavy atom. The van der Waals surface area contributed by atoms with Gasteiger partial charge in [0.05, 0.1) is 0 Å². The summed E-state index contributed by atoms with van der Waals surface area (Å²) >= 11 is 0. The summed E-state index contributed by atoms with van der Waals surface area (Å²) in [5, 5.41) is 0. The second kappa shape index (κ2) is 3.72. The number of carbonyl (C=O) groups is 1. The average Bonchev–Trinajstić information content (AvgIpc) is 2.39. The molecule has 2 unspecified atom stereocenters. The Kier molecular flexibility index (Phi) is 2.88. The van der Waals surface area contributed by atoms with Crippen molar-refractivity contribution < 1.29 is 9.53 Å². The maximum Gasteiger partial charge on any atom is 0.220 e. The summed E-state index contributed by atoms with van der Waals surface area (Å²) < 4.78 is 5.19. The largest absolute Gasteiger partial charge is 0.381 e. The zero-order valence-electron chi connectivity index (χ0n) is 6.88. The summed E-state index contributed by atoms with van der Waals surface area (Å²) in [5.41, 5.74) is 5.13. The van der Waals surface area contributed by atoms with Crippen LogP contribution in [0.1, 0.15) is 19.8 Å². The first-order valence-electron chi connectivity index (χ1n) is 4.07. The summed E-state index contributed by atoms with van der Waals surface area (Å²) in [4.78, 5) is 10.7. The molecule has 3 heteroatoms. The molecule has 2 atom stereocenters. The summed E-state index contributed by atoms with van der Waals surface area (Å²) in [5.74, 6) is 0.357. The van der Waals surface area contributed by atoms with Crippen molar-refractivity contribution in [3.8, 4) is 0 Å². The molecule has 0 aromatic heterocycles. The van der Waals surface area contributed by atoms with E-state index in [1.807, 2.05) is 6.92 Å². The molecule has 64 valence electrons. The van der Waals surface area contributed by atoms with E-state index in [9.17, 15) is 4.79 Å². The van der Waals surface area contributed by atoms with Crippen LogP contribution in [0.5, 0.6) is 0 Å².